The first-order valence-electron chi connectivity index (χ1n) is 14.1. The first-order valence-corrected chi connectivity index (χ1v) is 14.9. The summed E-state index contributed by atoms with van der Waals surface area (Å²) in [5.74, 6) is 3.91. The van der Waals surface area contributed by atoms with Crippen molar-refractivity contribution >= 4 is 46.5 Å². The molecule has 8 heteroatoms. The summed E-state index contributed by atoms with van der Waals surface area (Å²) in [4.78, 5) is 14.7. The molecule has 0 amide bonds. The minimum atomic E-state index is 0.0540. The molecule has 200 valence electrons. The van der Waals surface area contributed by atoms with Crippen LogP contribution in [0, 0.1) is 11.8 Å². The van der Waals surface area contributed by atoms with Crippen LogP contribution >= 0.6 is 23.8 Å². The third-order valence-corrected chi connectivity index (χ3v) is 8.86. The van der Waals surface area contributed by atoms with Crippen molar-refractivity contribution in [3.8, 4) is 0 Å². The van der Waals surface area contributed by atoms with Crippen LogP contribution in [0.5, 0.6) is 0 Å². The highest BCUT2D eigenvalue weighted by molar-refractivity contribution is 7.80. The molecule has 2 aromatic rings. The van der Waals surface area contributed by atoms with Crippen molar-refractivity contribution in [1.29, 1.82) is 0 Å². The van der Waals surface area contributed by atoms with E-state index in [1.807, 2.05) is 6.07 Å². The van der Waals surface area contributed by atoms with Crippen LogP contribution in [0.15, 0.2) is 30.3 Å². The molecule has 2 aliphatic heterocycles. The van der Waals surface area contributed by atoms with Crippen molar-refractivity contribution in [2.24, 2.45) is 11.8 Å². The summed E-state index contributed by atoms with van der Waals surface area (Å²) in [6.45, 7) is 9.62. The summed E-state index contributed by atoms with van der Waals surface area (Å²) >= 11 is 12.1. The van der Waals surface area contributed by atoms with Crippen LogP contribution in [0.25, 0.3) is 0 Å². The zero-order valence-electron chi connectivity index (χ0n) is 22.3. The zero-order chi connectivity index (χ0) is 25.8. The van der Waals surface area contributed by atoms with Gasteiger partial charge in [-0.05, 0) is 80.3 Å². The molecule has 2 atom stereocenters. The average molecular weight is 541 g/mol. The van der Waals surface area contributed by atoms with Crippen LogP contribution in [-0.2, 0) is 5.41 Å². The van der Waals surface area contributed by atoms with Crippen molar-refractivity contribution < 1.29 is 0 Å². The lowest BCUT2D eigenvalue weighted by Gasteiger charge is -2.36. The molecule has 2 saturated heterocycles. The number of nitrogens with one attached hydrogen (secondary N) is 2. The second-order valence-corrected chi connectivity index (χ2v) is 12.5. The summed E-state index contributed by atoms with van der Waals surface area (Å²) in [6.07, 6.45) is 9.73. The minimum Gasteiger partial charge on any atom is -0.361 e. The fraction of sp³-hybridized carbons (Fsp3) is 0.621. The molecule has 37 heavy (non-hydrogen) atoms. The molecule has 3 aliphatic rings. The van der Waals surface area contributed by atoms with E-state index in [9.17, 15) is 0 Å². The van der Waals surface area contributed by atoms with Gasteiger partial charge in [-0.2, -0.15) is 9.97 Å². The van der Waals surface area contributed by atoms with E-state index in [4.69, 9.17) is 33.8 Å². The SMILES string of the molecule is C[C@H]1C[C@H](C)CN(c2cc(N3CCCCC3)nc(NC(=S)NCC3(c4cccc(Cl)c4)CCCC3)n2)C1. The van der Waals surface area contributed by atoms with Crippen molar-refractivity contribution in [3.63, 3.8) is 0 Å². The minimum absolute atomic E-state index is 0.0540. The summed E-state index contributed by atoms with van der Waals surface area (Å²) in [7, 11) is 0. The second-order valence-electron chi connectivity index (χ2n) is 11.6. The first-order chi connectivity index (χ1) is 17.9. The number of thiocarbonyl (C=S) groups is 1. The predicted octanol–water partition coefficient (Wildman–Crippen LogP) is 6.40. The van der Waals surface area contributed by atoms with Gasteiger partial charge in [-0.1, -0.05) is 50.4 Å². The maximum Gasteiger partial charge on any atom is 0.232 e. The van der Waals surface area contributed by atoms with Crippen molar-refractivity contribution in [2.45, 2.75) is 70.6 Å². The lowest BCUT2D eigenvalue weighted by molar-refractivity contribution is 0.355. The zero-order valence-corrected chi connectivity index (χ0v) is 23.9. The number of halogens is 1. The molecule has 0 bridgehead atoms. The smallest absolute Gasteiger partial charge is 0.232 e. The number of aromatic nitrogens is 2. The molecule has 2 N–H and O–H groups in total. The summed E-state index contributed by atoms with van der Waals surface area (Å²) in [6, 6.07) is 10.5. The number of hydrogen-bond acceptors (Lipinski definition) is 5. The quantitative estimate of drug-likeness (QED) is 0.411. The van der Waals surface area contributed by atoms with Gasteiger partial charge in [-0.3, -0.25) is 0 Å². The number of rotatable bonds is 6. The highest BCUT2D eigenvalue weighted by Gasteiger charge is 2.36. The fourth-order valence-electron chi connectivity index (χ4n) is 6.61. The van der Waals surface area contributed by atoms with Gasteiger partial charge in [0.05, 0.1) is 0 Å². The molecular formula is C29H41ClN6S. The lowest BCUT2D eigenvalue weighted by atomic mass is 9.79. The fourth-order valence-corrected chi connectivity index (χ4v) is 6.96. The van der Waals surface area contributed by atoms with E-state index >= 15 is 0 Å². The molecule has 1 aliphatic carbocycles. The Balaban J connectivity index is 1.33. The summed E-state index contributed by atoms with van der Waals surface area (Å²) in [5.41, 5.74) is 1.35. The van der Waals surface area contributed by atoms with Crippen LogP contribution in [0.1, 0.15) is 70.8 Å². The van der Waals surface area contributed by atoms with Gasteiger partial charge < -0.3 is 20.4 Å². The molecule has 1 aromatic carbocycles. The Bertz CT molecular complexity index is 1070. The summed E-state index contributed by atoms with van der Waals surface area (Å²) in [5, 5.41) is 8.23. The largest absolute Gasteiger partial charge is 0.361 e. The van der Waals surface area contributed by atoms with Gasteiger partial charge in [0.2, 0.25) is 5.95 Å². The third kappa shape index (κ3) is 6.48. The Morgan fingerprint density at radius 3 is 2.32 bits per heavy atom. The monoisotopic (exact) mass is 540 g/mol. The van der Waals surface area contributed by atoms with Crippen molar-refractivity contribution in [3.05, 3.63) is 40.9 Å². The van der Waals surface area contributed by atoms with E-state index < -0.39 is 0 Å². The lowest BCUT2D eigenvalue weighted by Crippen LogP contribution is -2.41. The molecule has 3 heterocycles. The topological polar surface area (TPSA) is 56.3 Å². The Labute approximate surface area is 232 Å². The molecule has 5 rings (SSSR count). The normalized spacial score (nSPS) is 23.6. The van der Waals surface area contributed by atoms with E-state index in [-0.39, 0.29) is 5.41 Å². The average Bonchev–Trinajstić information content (AvgIpc) is 3.38. The van der Waals surface area contributed by atoms with Crippen molar-refractivity contribution in [2.75, 3.05) is 47.8 Å². The van der Waals surface area contributed by atoms with Crippen LogP contribution < -0.4 is 20.4 Å². The molecule has 1 aromatic heterocycles. The van der Waals surface area contributed by atoms with Gasteiger partial charge >= 0.3 is 0 Å². The maximum atomic E-state index is 6.35. The van der Waals surface area contributed by atoms with E-state index in [2.05, 4.69) is 58.5 Å². The number of piperidine rings is 2. The highest BCUT2D eigenvalue weighted by atomic mass is 35.5. The number of benzene rings is 1. The van der Waals surface area contributed by atoms with Gasteiger partial charge in [-0.15, -0.1) is 0 Å². The van der Waals surface area contributed by atoms with Gasteiger partial charge in [0.1, 0.15) is 11.6 Å². The van der Waals surface area contributed by atoms with Gasteiger partial charge in [0.25, 0.3) is 0 Å². The molecular weight excluding hydrogens is 500 g/mol. The van der Waals surface area contributed by atoms with E-state index in [0.717, 1.165) is 62.2 Å². The Morgan fingerprint density at radius 1 is 0.973 bits per heavy atom. The van der Waals surface area contributed by atoms with Gasteiger partial charge in [-0.25, -0.2) is 0 Å². The van der Waals surface area contributed by atoms with Gasteiger partial charge in [0, 0.05) is 49.2 Å². The highest BCUT2D eigenvalue weighted by Crippen LogP contribution is 2.41. The number of anilines is 3. The van der Waals surface area contributed by atoms with E-state index in [1.165, 1.54) is 44.1 Å². The molecule has 1 saturated carbocycles. The Morgan fingerprint density at radius 2 is 1.65 bits per heavy atom. The molecule has 6 nitrogen and oxygen atoms in total. The Hall–Kier alpha value is -2.12. The second kappa shape index (κ2) is 11.7. The van der Waals surface area contributed by atoms with E-state index in [0.29, 0.717) is 22.9 Å². The van der Waals surface area contributed by atoms with Crippen molar-refractivity contribution in [1.82, 2.24) is 15.3 Å². The summed E-state index contributed by atoms with van der Waals surface area (Å²) < 4.78 is 0. The molecule has 3 fully saturated rings. The van der Waals surface area contributed by atoms with Crippen LogP contribution in [0.2, 0.25) is 5.02 Å². The molecule has 0 radical (unpaired) electrons. The van der Waals surface area contributed by atoms with Crippen LogP contribution in [-0.4, -0.2) is 47.8 Å². The molecule has 0 spiro atoms. The number of nitrogens with zero attached hydrogens (tertiary/aromatic N) is 4. The van der Waals surface area contributed by atoms with Crippen LogP contribution in [0.4, 0.5) is 17.6 Å². The van der Waals surface area contributed by atoms with E-state index in [1.54, 1.807) is 0 Å². The predicted molar refractivity (Wildman–Crippen MR) is 159 cm³/mol. The standard InChI is InChI=1S/C29H41ClN6S/c1-21-15-22(2)19-36(18-21)26-17-25(35-13-6-3-7-14-35)32-27(33-26)34-28(37)31-20-29(11-4-5-12-29)23-9-8-10-24(30)16-23/h8-10,16-17,21-22H,3-7,11-15,18-20H2,1-2H3,(H2,31,32,33,34,37)/t21-,22-/m0/s1. The third-order valence-electron chi connectivity index (χ3n) is 8.38. The Kier molecular flexibility index (Phi) is 8.40. The van der Waals surface area contributed by atoms with Gasteiger partial charge in [0.15, 0.2) is 5.11 Å². The van der Waals surface area contributed by atoms with Crippen LogP contribution in [0.3, 0.4) is 0 Å². The molecule has 0 unspecified atom stereocenters. The first kappa shape index (κ1) is 26.5. The maximum absolute atomic E-state index is 6.35. The number of hydrogen-bond donors (Lipinski definition) is 2.